The molecule has 0 aromatic rings. The first kappa shape index (κ1) is 7.94. The van der Waals surface area contributed by atoms with Gasteiger partial charge in [-0.1, -0.05) is 6.08 Å². The van der Waals surface area contributed by atoms with Crippen molar-refractivity contribution in [2.24, 2.45) is 0 Å². The predicted molar refractivity (Wildman–Crippen MR) is 32.4 cm³/mol. The van der Waals surface area contributed by atoms with E-state index in [1.807, 2.05) is 0 Å². The summed E-state index contributed by atoms with van der Waals surface area (Å²) in [4.78, 5) is 13.5. The SMILES string of the molecule is C=CCCCO[N+](=O)[O-]. The smallest absolute Gasteiger partial charge is 0.294 e. The van der Waals surface area contributed by atoms with Gasteiger partial charge in [-0.2, -0.15) is 0 Å². The van der Waals surface area contributed by atoms with Crippen LogP contribution in [0.15, 0.2) is 12.7 Å². The second-order valence-corrected chi connectivity index (χ2v) is 1.49. The lowest BCUT2D eigenvalue weighted by Crippen LogP contribution is -2.01. The van der Waals surface area contributed by atoms with E-state index in [1.54, 1.807) is 6.08 Å². The zero-order valence-electron chi connectivity index (χ0n) is 5.08. The summed E-state index contributed by atoms with van der Waals surface area (Å²) < 4.78 is 0. The highest BCUT2D eigenvalue weighted by molar-refractivity contribution is 4.64. The van der Waals surface area contributed by atoms with Gasteiger partial charge in [-0.25, -0.2) is 0 Å². The fraction of sp³-hybridized carbons (Fsp3) is 0.600. The summed E-state index contributed by atoms with van der Waals surface area (Å²) in [6, 6.07) is 0. The minimum absolute atomic E-state index is 0.166. The van der Waals surface area contributed by atoms with E-state index in [-0.39, 0.29) is 6.61 Å². The van der Waals surface area contributed by atoms with Gasteiger partial charge in [0.25, 0.3) is 5.09 Å². The zero-order valence-corrected chi connectivity index (χ0v) is 5.08. The Hall–Kier alpha value is -1.06. The Kier molecular flexibility index (Phi) is 4.49. The van der Waals surface area contributed by atoms with Gasteiger partial charge < -0.3 is 4.84 Å². The van der Waals surface area contributed by atoms with E-state index in [0.717, 1.165) is 6.42 Å². The maximum Gasteiger partial charge on any atom is 0.294 e. The van der Waals surface area contributed by atoms with Crippen LogP contribution in [-0.2, 0) is 4.84 Å². The van der Waals surface area contributed by atoms with Gasteiger partial charge in [-0.05, 0) is 12.8 Å². The highest BCUT2D eigenvalue weighted by Gasteiger charge is 1.90. The topological polar surface area (TPSA) is 52.4 Å². The van der Waals surface area contributed by atoms with Crippen LogP contribution in [0.4, 0.5) is 0 Å². The normalized spacial score (nSPS) is 8.44. The summed E-state index contributed by atoms with van der Waals surface area (Å²) in [6.07, 6.45) is 3.11. The van der Waals surface area contributed by atoms with Crippen LogP contribution in [0.5, 0.6) is 0 Å². The Morgan fingerprint density at radius 1 is 1.78 bits per heavy atom. The Balaban J connectivity index is 2.91. The number of rotatable bonds is 5. The number of allylic oxidation sites excluding steroid dienone is 1. The van der Waals surface area contributed by atoms with Gasteiger partial charge in [-0.3, -0.25) is 0 Å². The van der Waals surface area contributed by atoms with E-state index in [2.05, 4.69) is 11.4 Å². The molecule has 4 heteroatoms. The molecule has 9 heavy (non-hydrogen) atoms. The fourth-order valence-electron chi connectivity index (χ4n) is 0.367. The molecule has 0 aromatic heterocycles. The van der Waals surface area contributed by atoms with Crippen LogP contribution >= 0.6 is 0 Å². The highest BCUT2D eigenvalue weighted by Crippen LogP contribution is 1.89. The molecule has 0 unspecified atom stereocenters. The Morgan fingerprint density at radius 3 is 2.89 bits per heavy atom. The number of unbranched alkanes of at least 4 members (excludes halogenated alkanes) is 1. The predicted octanol–water partition coefficient (Wildman–Crippen LogP) is 1.16. The van der Waals surface area contributed by atoms with Crippen molar-refractivity contribution >= 4 is 0 Å². The molecule has 0 rings (SSSR count). The molecule has 0 amide bonds. The van der Waals surface area contributed by atoms with Crippen LogP contribution in [-0.4, -0.2) is 11.7 Å². The van der Waals surface area contributed by atoms with Crippen molar-refractivity contribution in [3.05, 3.63) is 22.8 Å². The first-order valence-electron chi connectivity index (χ1n) is 2.65. The van der Waals surface area contributed by atoms with E-state index in [1.165, 1.54) is 0 Å². The lowest BCUT2D eigenvalue weighted by Gasteiger charge is -1.93. The van der Waals surface area contributed by atoms with Crippen LogP contribution < -0.4 is 0 Å². The third-order valence-corrected chi connectivity index (χ3v) is 0.749. The van der Waals surface area contributed by atoms with Crippen LogP contribution in [0.3, 0.4) is 0 Å². The quantitative estimate of drug-likeness (QED) is 0.243. The van der Waals surface area contributed by atoms with E-state index >= 15 is 0 Å². The maximum absolute atomic E-state index is 9.52. The van der Waals surface area contributed by atoms with Crippen molar-refractivity contribution in [2.45, 2.75) is 12.8 Å². The van der Waals surface area contributed by atoms with Crippen LogP contribution in [0.25, 0.3) is 0 Å². The molecule has 0 radical (unpaired) electrons. The van der Waals surface area contributed by atoms with E-state index in [0.29, 0.717) is 6.42 Å². The van der Waals surface area contributed by atoms with Gasteiger partial charge in [-0.15, -0.1) is 16.7 Å². The van der Waals surface area contributed by atoms with E-state index in [9.17, 15) is 10.1 Å². The molecule has 0 fully saturated rings. The molecule has 0 atom stereocenters. The first-order valence-corrected chi connectivity index (χ1v) is 2.65. The molecule has 0 aliphatic rings. The van der Waals surface area contributed by atoms with E-state index < -0.39 is 5.09 Å². The van der Waals surface area contributed by atoms with Crippen molar-refractivity contribution < 1.29 is 9.92 Å². The fourth-order valence-corrected chi connectivity index (χ4v) is 0.367. The maximum atomic E-state index is 9.52. The molecular formula is C5H9NO3. The van der Waals surface area contributed by atoms with Crippen molar-refractivity contribution in [3.8, 4) is 0 Å². The number of hydrogen-bond acceptors (Lipinski definition) is 3. The molecule has 0 N–H and O–H groups in total. The minimum Gasteiger partial charge on any atom is -0.314 e. The lowest BCUT2D eigenvalue weighted by molar-refractivity contribution is -0.757. The molecular weight excluding hydrogens is 122 g/mol. The lowest BCUT2D eigenvalue weighted by atomic mass is 10.3. The molecule has 0 heterocycles. The van der Waals surface area contributed by atoms with Crippen molar-refractivity contribution in [3.63, 3.8) is 0 Å². The van der Waals surface area contributed by atoms with Gasteiger partial charge in [0.1, 0.15) is 0 Å². The Bertz CT molecular complexity index is 102. The Labute approximate surface area is 53.2 Å². The van der Waals surface area contributed by atoms with Gasteiger partial charge in [0.2, 0.25) is 0 Å². The second-order valence-electron chi connectivity index (χ2n) is 1.49. The molecule has 4 nitrogen and oxygen atoms in total. The standard InChI is InChI=1S/C5H9NO3/c1-2-3-4-5-9-6(7)8/h2H,1,3-5H2. The molecule has 0 saturated carbocycles. The molecule has 0 aliphatic carbocycles. The summed E-state index contributed by atoms with van der Waals surface area (Å²) in [5, 5.41) is 8.73. The largest absolute Gasteiger partial charge is 0.314 e. The number of nitrogens with zero attached hydrogens (tertiary/aromatic N) is 1. The van der Waals surface area contributed by atoms with E-state index in [4.69, 9.17) is 0 Å². The molecule has 0 bridgehead atoms. The van der Waals surface area contributed by atoms with Crippen LogP contribution in [0.1, 0.15) is 12.8 Å². The molecule has 52 valence electrons. The summed E-state index contributed by atoms with van der Waals surface area (Å²) >= 11 is 0. The molecule has 0 spiro atoms. The molecule has 0 saturated heterocycles. The average molecular weight is 131 g/mol. The summed E-state index contributed by atoms with van der Waals surface area (Å²) in [6.45, 7) is 3.62. The number of hydrogen-bond donors (Lipinski definition) is 0. The van der Waals surface area contributed by atoms with Crippen molar-refractivity contribution in [1.82, 2.24) is 0 Å². The summed E-state index contributed by atoms with van der Waals surface area (Å²) in [7, 11) is 0. The van der Waals surface area contributed by atoms with Crippen LogP contribution in [0, 0.1) is 10.1 Å². The minimum atomic E-state index is -0.789. The second kappa shape index (κ2) is 5.08. The van der Waals surface area contributed by atoms with Gasteiger partial charge in [0.15, 0.2) is 0 Å². The van der Waals surface area contributed by atoms with Crippen molar-refractivity contribution in [2.75, 3.05) is 6.61 Å². The summed E-state index contributed by atoms with van der Waals surface area (Å²) in [5.41, 5.74) is 0. The van der Waals surface area contributed by atoms with Gasteiger partial charge >= 0.3 is 0 Å². The van der Waals surface area contributed by atoms with Gasteiger partial charge in [0.05, 0.1) is 6.61 Å². The monoisotopic (exact) mass is 131 g/mol. The molecule has 0 aromatic carbocycles. The third kappa shape index (κ3) is 6.94. The highest BCUT2D eigenvalue weighted by atomic mass is 16.9. The first-order chi connectivity index (χ1) is 4.27. The average Bonchev–Trinajstić information content (AvgIpc) is 1.80. The Morgan fingerprint density at radius 2 is 2.44 bits per heavy atom. The van der Waals surface area contributed by atoms with Crippen LogP contribution in [0.2, 0.25) is 0 Å². The summed E-state index contributed by atoms with van der Waals surface area (Å²) in [5.74, 6) is 0. The zero-order chi connectivity index (χ0) is 7.11. The van der Waals surface area contributed by atoms with Crippen molar-refractivity contribution in [1.29, 1.82) is 0 Å². The third-order valence-electron chi connectivity index (χ3n) is 0.749. The molecule has 0 aliphatic heterocycles. The van der Waals surface area contributed by atoms with Gasteiger partial charge in [0, 0.05) is 0 Å².